The Kier molecular flexibility index (Phi) is 8.46. The number of fused-ring (bicyclic) bond motifs is 3. The summed E-state index contributed by atoms with van der Waals surface area (Å²) in [7, 11) is 0. The van der Waals surface area contributed by atoms with Gasteiger partial charge in [-0.15, -0.1) is 0 Å². The molecule has 1 aliphatic rings. The molecule has 0 fully saturated rings. The van der Waals surface area contributed by atoms with E-state index in [0.29, 0.717) is 12.8 Å². The van der Waals surface area contributed by atoms with Crippen LogP contribution < -0.4 is 10.6 Å². The lowest BCUT2D eigenvalue weighted by Gasteiger charge is -2.22. The highest BCUT2D eigenvalue weighted by Crippen LogP contribution is 2.44. The van der Waals surface area contributed by atoms with E-state index in [9.17, 15) is 14.4 Å². The number of benzene rings is 2. The molecule has 1 aliphatic carbocycles. The summed E-state index contributed by atoms with van der Waals surface area (Å²) >= 11 is 0. The summed E-state index contributed by atoms with van der Waals surface area (Å²) in [6, 6.07) is 14.9. The van der Waals surface area contributed by atoms with Gasteiger partial charge in [0.15, 0.2) is 0 Å². The zero-order valence-electron chi connectivity index (χ0n) is 19.2. The van der Waals surface area contributed by atoms with Gasteiger partial charge in [0.1, 0.15) is 12.6 Å². The Morgan fingerprint density at radius 2 is 1.58 bits per heavy atom. The first-order valence-corrected chi connectivity index (χ1v) is 11.6. The quantitative estimate of drug-likeness (QED) is 0.467. The molecule has 0 unspecified atom stereocenters. The maximum absolute atomic E-state index is 12.7. The van der Waals surface area contributed by atoms with Gasteiger partial charge in [0, 0.05) is 12.0 Å². The smallest absolute Gasteiger partial charge is 0.407 e. The number of hydrogen-bond donors (Lipinski definition) is 3. The highest BCUT2D eigenvalue weighted by Gasteiger charge is 2.30. The first-order chi connectivity index (χ1) is 15.9. The maximum Gasteiger partial charge on any atom is 0.407 e. The third-order valence-corrected chi connectivity index (χ3v) is 6.06. The lowest BCUT2D eigenvalue weighted by molar-refractivity contribution is -0.137. The molecule has 0 saturated heterocycles. The predicted molar refractivity (Wildman–Crippen MR) is 126 cm³/mol. The number of rotatable bonds is 11. The SMILES string of the molecule is CCCC[C@H](NC(=O)OCC1c2ccccc2-c2ccccc21)C(=O)N[C@@H](CC)CC(=O)O. The number of unbranched alkanes of at least 4 members (excludes halogenated alkanes) is 1. The van der Waals surface area contributed by atoms with E-state index in [2.05, 4.69) is 22.8 Å². The van der Waals surface area contributed by atoms with Gasteiger partial charge in [0.2, 0.25) is 5.91 Å². The Morgan fingerprint density at radius 1 is 0.970 bits per heavy atom. The lowest BCUT2D eigenvalue weighted by Crippen LogP contribution is -2.50. The van der Waals surface area contributed by atoms with Gasteiger partial charge in [-0.05, 0) is 35.1 Å². The van der Waals surface area contributed by atoms with E-state index in [1.165, 1.54) is 0 Å². The molecule has 2 aromatic carbocycles. The average molecular weight is 453 g/mol. The van der Waals surface area contributed by atoms with Crippen molar-refractivity contribution in [3.8, 4) is 11.1 Å². The second-order valence-corrected chi connectivity index (χ2v) is 8.38. The van der Waals surface area contributed by atoms with Gasteiger partial charge in [0.25, 0.3) is 0 Å². The number of ether oxygens (including phenoxy) is 1. The number of alkyl carbamates (subject to hydrolysis) is 1. The number of carboxylic acids is 1. The summed E-state index contributed by atoms with van der Waals surface area (Å²) in [5, 5.41) is 14.5. The van der Waals surface area contributed by atoms with Gasteiger partial charge in [-0.1, -0.05) is 75.2 Å². The minimum absolute atomic E-state index is 0.0638. The van der Waals surface area contributed by atoms with Crippen molar-refractivity contribution >= 4 is 18.0 Å². The third-order valence-electron chi connectivity index (χ3n) is 6.06. The van der Waals surface area contributed by atoms with Crippen molar-refractivity contribution in [1.29, 1.82) is 0 Å². The van der Waals surface area contributed by atoms with Crippen molar-refractivity contribution in [1.82, 2.24) is 10.6 Å². The number of amides is 2. The van der Waals surface area contributed by atoms with Crippen LogP contribution >= 0.6 is 0 Å². The van der Waals surface area contributed by atoms with E-state index in [0.717, 1.165) is 35.1 Å². The molecule has 33 heavy (non-hydrogen) atoms. The van der Waals surface area contributed by atoms with E-state index in [4.69, 9.17) is 9.84 Å². The molecular weight excluding hydrogens is 420 g/mol. The lowest BCUT2D eigenvalue weighted by atomic mass is 9.98. The molecule has 7 heteroatoms. The zero-order valence-corrected chi connectivity index (χ0v) is 19.2. The molecule has 0 spiro atoms. The summed E-state index contributed by atoms with van der Waals surface area (Å²) < 4.78 is 5.57. The second-order valence-electron chi connectivity index (χ2n) is 8.38. The van der Waals surface area contributed by atoms with Crippen LogP contribution in [0.25, 0.3) is 11.1 Å². The number of hydrogen-bond acceptors (Lipinski definition) is 4. The monoisotopic (exact) mass is 452 g/mol. The highest BCUT2D eigenvalue weighted by molar-refractivity contribution is 5.86. The van der Waals surface area contributed by atoms with Crippen LogP contribution in [0.3, 0.4) is 0 Å². The maximum atomic E-state index is 12.7. The van der Waals surface area contributed by atoms with Crippen LogP contribution in [0, 0.1) is 0 Å². The minimum atomic E-state index is -0.975. The van der Waals surface area contributed by atoms with Gasteiger partial charge in [-0.25, -0.2) is 4.79 Å². The molecule has 0 aromatic heterocycles. The number of carbonyl (C=O) groups excluding carboxylic acids is 2. The molecule has 2 atom stereocenters. The molecule has 7 nitrogen and oxygen atoms in total. The van der Waals surface area contributed by atoms with Crippen molar-refractivity contribution in [2.45, 2.75) is 64.0 Å². The summed E-state index contributed by atoms with van der Waals surface area (Å²) in [5.74, 6) is -1.42. The average Bonchev–Trinajstić information content (AvgIpc) is 3.13. The second kappa shape index (κ2) is 11.5. The van der Waals surface area contributed by atoms with Crippen molar-refractivity contribution in [2.24, 2.45) is 0 Å². The van der Waals surface area contributed by atoms with Crippen LogP contribution in [0.1, 0.15) is 63.0 Å². The Bertz CT molecular complexity index is 945. The van der Waals surface area contributed by atoms with Gasteiger partial charge in [-0.2, -0.15) is 0 Å². The Balaban J connectivity index is 1.64. The Hall–Kier alpha value is -3.35. The molecule has 176 valence electrons. The minimum Gasteiger partial charge on any atom is -0.481 e. The van der Waals surface area contributed by atoms with E-state index in [-0.39, 0.29) is 24.9 Å². The number of aliphatic carboxylic acids is 1. The summed E-state index contributed by atoms with van der Waals surface area (Å²) in [5.41, 5.74) is 4.52. The van der Waals surface area contributed by atoms with Crippen molar-refractivity contribution in [3.05, 3.63) is 59.7 Å². The molecular formula is C26H32N2O5. The first kappa shape index (κ1) is 24.3. The number of nitrogens with one attached hydrogen (secondary N) is 2. The van der Waals surface area contributed by atoms with Gasteiger partial charge in [0.05, 0.1) is 6.42 Å². The van der Waals surface area contributed by atoms with Crippen molar-refractivity contribution < 1.29 is 24.2 Å². The molecule has 3 N–H and O–H groups in total. The van der Waals surface area contributed by atoms with Crippen LogP contribution in [0.15, 0.2) is 48.5 Å². The van der Waals surface area contributed by atoms with Crippen LogP contribution in [0.5, 0.6) is 0 Å². The standard InChI is InChI=1S/C26H32N2O5/c1-3-5-14-23(25(31)27-17(4-2)15-24(29)30)28-26(32)33-16-22-20-12-8-6-10-18(20)19-11-7-9-13-21(19)22/h6-13,17,22-23H,3-5,14-16H2,1-2H3,(H,27,31)(H,28,32)(H,29,30)/t17-,23-/m0/s1. The normalized spacial score (nSPS) is 14.0. The van der Waals surface area contributed by atoms with Gasteiger partial charge < -0.3 is 20.5 Å². The van der Waals surface area contributed by atoms with Crippen LogP contribution in [0.4, 0.5) is 4.79 Å². The molecule has 2 aromatic rings. The van der Waals surface area contributed by atoms with Crippen molar-refractivity contribution in [2.75, 3.05) is 6.61 Å². The summed E-state index contributed by atoms with van der Waals surface area (Å²) in [6.07, 6.45) is 1.74. The largest absolute Gasteiger partial charge is 0.481 e. The number of carboxylic acid groups (broad SMARTS) is 1. The molecule has 0 saturated carbocycles. The molecule has 0 aliphatic heterocycles. The van der Waals surface area contributed by atoms with Crippen LogP contribution in [-0.2, 0) is 14.3 Å². The van der Waals surface area contributed by atoms with Crippen LogP contribution in [0.2, 0.25) is 0 Å². The zero-order chi connectivity index (χ0) is 23.8. The van der Waals surface area contributed by atoms with E-state index >= 15 is 0 Å². The molecule has 0 heterocycles. The number of carbonyl (C=O) groups is 3. The molecule has 0 bridgehead atoms. The first-order valence-electron chi connectivity index (χ1n) is 11.6. The summed E-state index contributed by atoms with van der Waals surface area (Å²) in [6.45, 7) is 3.98. The highest BCUT2D eigenvalue weighted by atomic mass is 16.5. The predicted octanol–water partition coefficient (Wildman–Crippen LogP) is 4.45. The fourth-order valence-electron chi connectivity index (χ4n) is 4.27. The van der Waals surface area contributed by atoms with E-state index in [1.807, 2.05) is 50.2 Å². The van der Waals surface area contributed by atoms with Crippen LogP contribution in [-0.4, -0.2) is 41.8 Å². The topological polar surface area (TPSA) is 105 Å². The molecule has 3 rings (SSSR count). The fourth-order valence-corrected chi connectivity index (χ4v) is 4.27. The van der Waals surface area contributed by atoms with Gasteiger partial charge >= 0.3 is 12.1 Å². The third kappa shape index (κ3) is 6.12. The Morgan fingerprint density at radius 3 is 2.12 bits per heavy atom. The van der Waals surface area contributed by atoms with Crippen molar-refractivity contribution in [3.63, 3.8) is 0 Å². The fraction of sp³-hybridized carbons (Fsp3) is 0.423. The van der Waals surface area contributed by atoms with E-state index < -0.39 is 24.1 Å². The molecule has 2 amide bonds. The van der Waals surface area contributed by atoms with Gasteiger partial charge in [-0.3, -0.25) is 9.59 Å². The van der Waals surface area contributed by atoms with E-state index in [1.54, 1.807) is 0 Å². The Labute approximate surface area is 194 Å². The molecule has 0 radical (unpaired) electrons. The summed E-state index contributed by atoms with van der Waals surface area (Å²) in [4.78, 5) is 36.4.